The van der Waals surface area contributed by atoms with E-state index in [-0.39, 0.29) is 0 Å². The van der Waals surface area contributed by atoms with Crippen LogP contribution in [-0.2, 0) is 21.8 Å². The first-order valence-electron chi connectivity index (χ1n) is 5.13. The maximum atomic E-state index is 5.57. The van der Waals surface area contributed by atoms with Crippen molar-refractivity contribution in [1.82, 2.24) is 19.7 Å². The highest BCUT2D eigenvalue weighted by molar-refractivity contribution is 5.17. The fraction of sp³-hybridized carbons (Fsp3) is 0.182. The summed E-state index contributed by atoms with van der Waals surface area (Å²) < 4.78 is 12.8. The predicted molar refractivity (Wildman–Crippen MR) is 57.2 cm³/mol. The summed E-state index contributed by atoms with van der Waals surface area (Å²) in [6.07, 6.45) is 9.54. The van der Waals surface area contributed by atoms with Crippen molar-refractivity contribution in [3.05, 3.63) is 55.3 Å². The fourth-order valence-electron chi connectivity index (χ4n) is 1.72. The third kappa shape index (κ3) is 1.73. The molecule has 0 atom stereocenters. The topological polar surface area (TPSA) is 62.1 Å². The summed E-state index contributed by atoms with van der Waals surface area (Å²) >= 11 is 0. The number of rotatable bonds is 3. The third-order valence-corrected chi connectivity index (χ3v) is 2.51. The Kier molecular flexibility index (Phi) is 2.25. The summed E-state index contributed by atoms with van der Waals surface area (Å²) in [5.74, 6) is -0.901. The van der Waals surface area contributed by atoms with Crippen LogP contribution in [0.2, 0.25) is 0 Å². The van der Waals surface area contributed by atoms with Crippen LogP contribution in [0.4, 0.5) is 0 Å². The Morgan fingerprint density at radius 2 is 2.12 bits per heavy atom. The molecule has 17 heavy (non-hydrogen) atoms. The van der Waals surface area contributed by atoms with Crippen LogP contribution >= 0.6 is 0 Å². The Bertz CT molecular complexity index is 502. The summed E-state index contributed by atoms with van der Waals surface area (Å²) in [4.78, 5) is 7.96. The maximum Gasteiger partial charge on any atom is 0.298 e. The number of aromatic nitrogens is 4. The van der Waals surface area contributed by atoms with Crippen LogP contribution in [0, 0.1) is 0 Å². The van der Waals surface area contributed by atoms with Gasteiger partial charge in [-0.25, -0.2) is 9.67 Å². The van der Waals surface area contributed by atoms with Crippen molar-refractivity contribution in [2.75, 3.05) is 0 Å². The van der Waals surface area contributed by atoms with E-state index in [0.717, 1.165) is 5.56 Å². The highest BCUT2D eigenvalue weighted by Gasteiger charge is 2.39. The Morgan fingerprint density at radius 3 is 2.76 bits per heavy atom. The molecule has 0 radical (unpaired) electrons. The van der Waals surface area contributed by atoms with E-state index in [0.29, 0.717) is 6.54 Å². The third-order valence-electron chi connectivity index (χ3n) is 2.51. The van der Waals surface area contributed by atoms with Gasteiger partial charge in [-0.15, -0.1) is 0 Å². The van der Waals surface area contributed by atoms with Crippen LogP contribution in [-0.4, -0.2) is 19.7 Å². The average Bonchev–Trinajstić information content (AvgIpc) is 3.03. The van der Waals surface area contributed by atoms with Gasteiger partial charge < -0.3 is 9.47 Å². The van der Waals surface area contributed by atoms with Crippen molar-refractivity contribution >= 4 is 0 Å². The Hall–Kier alpha value is -2.37. The molecule has 2 aromatic rings. The Balaban J connectivity index is 1.94. The lowest BCUT2D eigenvalue weighted by Crippen LogP contribution is -2.33. The normalized spacial score (nSPS) is 16.5. The van der Waals surface area contributed by atoms with Crippen molar-refractivity contribution in [3.8, 4) is 0 Å². The van der Waals surface area contributed by atoms with Gasteiger partial charge in [0.25, 0.3) is 5.79 Å². The number of ether oxygens (including phenoxy) is 2. The molecule has 0 unspecified atom stereocenters. The molecule has 2 aromatic heterocycles. The van der Waals surface area contributed by atoms with Crippen molar-refractivity contribution in [2.24, 2.45) is 0 Å². The quantitative estimate of drug-likeness (QED) is 0.788. The smallest absolute Gasteiger partial charge is 0.298 e. The van der Waals surface area contributed by atoms with Crippen LogP contribution in [0.5, 0.6) is 0 Å². The molecule has 1 aliphatic heterocycles. The lowest BCUT2D eigenvalue weighted by Gasteiger charge is -2.27. The van der Waals surface area contributed by atoms with Gasteiger partial charge in [0.2, 0.25) is 0 Å². The second-order valence-electron chi connectivity index (χ2n) is 3.60. The summed E-state index contributed by atoms with van der Waals surface area (Å²) in [5.41, 5.74) is 0.834. The Morgan fingerprint density at radius 1 is 1.24 bits per heavy atom. The highest BCUT2D eigenvalue weighted by Crippen LogP contribution is 2.32. The monoisotopic (exact) mass is 230 g/mol. The van der Waals surface area contributed by atoms with Gasteiger partial charge in [-0.3, -0.25) is 4.98 Å². The minimum atomic E-state index is -0.901. The minimum absolute atomic E-state index is 0.408. The van der Waals surface area contributed by atoms with E-state index >= 15 is 0 Å². The van der Waals surface area contributed by atoms with Gasteiger partial charge in [0.15, 0.2) is 0 Å². The average molecular weight is 230 g/mol. The second kappa shape index (κ2) is 3.89. The summed E-state index contributed by atoms with van der Waals surface area (Å²) in [6, 6.07) is 3.74. The predicted octanol–water partition coefficient (Wildman–Crippen LogP) is 1.04. The van der Waals surface area contributed by atoms with E-state index in [1.807, 2.05) is 12.1 Å². The van der Waals surface area contributed by atoms with E-state index in [4.69, 9.17) is 9.47 Å². The molecule has 0 saturated heterocycles. The van der Waals surface area contributed by atoms with Crippen LogP contribution in [0.1, 0.15) is 5.56 Å². The van der Waals surface area contributed by atoms with Gasteiger partial charge in [0.1, 0.15) is 31.7 Å². The van der Waals surface area contributed by atoms with Gasteiger partial charge >= 0.3 is 0 Å². The van der Waals surface area contributed by atoms with E-state index in [1.54, 1.807) is 23.4 Å². The fourth-order valence-corrected chi connectivity index (χ4v) is 1.72. The van der Waals surface area contributed by atoms with E-state index in [1.165, 1.54) is 18.9 Å². The summed E-state index contributed by atoms with van der Waals surface area (Å²) in [5, 5.41) is 4.05. The molecule has 3 rings (SSSR count). The van der Waals surface area contributed by atoms with Crippen LogP contribution in [0.25, 0.3) is 0 Å². The molecule has 0 bridgehead atoms. The zero-order valence-electron chi connectivity index (χ0n) is 8.93. The van der Waals surface area contributed by atoms with Gasteiger partial charge in [0.05, 0.1) is 5.56 Å². The van der Waals surface area contributed by atoms with Gasteiger partial charge in [-0.1, -0.05) is 0 Å². The minimum Gasteiger partial charge on any atom is -0.451 e. The van der Waals surface area contributed by atoms with E-state index in [9.17, 15) is 0 Å². The molecule has 6 heteroatoms. The molecule has 3 heterocycles. The van der Waals surface area contributed by atoms with E-state index < -0.39 is 5.79 Å². The molecule has 0 spiro atoms. The van der Waals surface area contributed by atoms with Crippen LogP contribution in [0.3, 0.4) is 0 Å². The number of hydrogen-bond acceptors (Lipinski definition) is 5. The molecular weight excluding hydrogens is 220 g/mol. The standard InChI is InChI=1S/C11H10N4O2/c1-2-10(6-12-3-1)11(16-4-5-17-11)7-15-9-13-8-14-15/h1-6,8-9H,7H2. The Labute approximate surface area is 97.5 Å². The molecule has 0 aliphatic carbocycles. The van der Waals surface area contributed by atoms with E-state index in [2.05, 4.69) is 15.1 Å². The number of pyridine rings is 1. The van der Waals surface area contributed by atoms with Gasteiger partial charge in [-0.2, -0.15) is 5.10 Å². The first-order chi connectivity index (χ1) is 8.39. The number of hydrogen-bond donors (Lipinski definition) is 0. The zero-order valence-corrected chi connectivity index (χ0v) is 8.93. The molecule has 86 valence electrons. The molecule has 6 nitrogen and oxygen atoms in total. The number of nitrogens with zero attached hydrogens (tertiary/aromatic N) is 4. The molecular formula is C11H10N4O2. The van der Waals surface area contributed by atoms with Crippen molar-refractivity contribution in [3.63, 3.8) is 0 Å². The van der Waals surface area contributed by atoms with Crippen LogP contribution in [0.15, 0.2) is 49.7 Å². The molecule has 0 amide bonds. The molecule has 1 aliphatic rings. The van der Waals surface area contributed by atoms with Crippen molar-refractivity contribution in [2.45, 2.75) is 12.3 Å². The molecule has 0 aromatic carbocycles. The lowest BCUT2D eigenvalue weighted by atomic mass is 10.1. The summed E-state index contributed by atoms with van der Waals surface area (Å²) in [7, 11) is 0. The second-order valence-corrected chi connectivity index (χ2v) is 3.60. The zero-order chi connectivity index (χ0) is 11.6. The van der Waals surface area contributed by atoms with Crippen molar-refractivity contribution < 1.29 is 9.47 Å². The van der Waals surface area contributed by atoms with Crippen LogP contribution < -0.4 is 0 Å². The SMILES string of the molecule is C1=COC(Cn2cncn2)(c2cccnc2)O1. The van der Waals surface area contributed by atoms with Gasteiger partial charge in [0, 0.05) is 12.4 Å². The highest BCUT2D eigenvalue weighted by atomic mass is 16.7. The van der Waals surface area contributed by atoms with Crippen molar-refractivity contribution in [1.29, 1.82) is 0 Å². The maximum absolute atomic E-state index is 5.57. The lowest BCUT2D eigenvalue weighted by molar-refractivity contribution is -0.162. The first-order valence-corrected chi connectivity index (χ1v) is 5.13. The largest absolute Gasteiger partial charge is 0.451 e. The molecule has 0 fully saturated rings. The summed E-state index contributed by atoms with van der Waals surface area (Å²) in [6.45, 7) is 0.408. The first kappa shape index (κ1) is 9.83. The molecule has 0 N–H and O–H groups in total. The molecule has 0 saturated carbocycles. The van der Waals surface area contributed by atoms with Gasteiger partial charge in [-0.05, 0) is 12.1 Å².